The molecule has 5 nitrogen and oxygen atoms in total. The first-order chi connectivity index (χ1) is 13.6. The van der Waals surface area contributed by atoms with Crippen LogP contribution in [0.1, 0.15) is 27.9 Å². The van der Waals surface area contributed by atoms with Crippen LogP contribution in [0.25, 0.3) is 10.2 Å². The van der Waals surface area contributed by atoms with Crippen molar-refractivity contribution in [3.05, 3.63) is 77.9 Å². The Morgan fingerprint density at radius 2 is 1.97 bits per heavy atom. The molecule has 0 saturated heterocycles. The number of hydrogen-bond acceptors (Lipinski definition) is 4. The minimum absolute atomic E-state index is 0. The third-order valence-corrected chi connectivity index (χ3v) is 5.89. The number of nitrogens with zero attached hydrogens (tertiary/aromatic N) is 4. The molecule has 0 saturated carbocycles. The van der Waals surface area contributed by atoms with Gasteiger partial charge in [-0.25, -0.2) is 9.97 Å². The number of aromatic nitrogens is 3. The van der Waals surface area contributed by atoms with Crippen molar-refractivity contribution in [2.75, 3.05) is 11.4 Å². The van der Waals surface area contributed by atoms with Crippen molar-refractivity contribution < 1.29 is 4.79 Å². The van der Waals surface area contributed by atoms with Crippen LogP contribution in [0.2, 0.25) is 0 Å². The van der Waals surface area contributed by atoms with E-state index in [1.165, 1.54) is 11.1 Å². The number of rotatable bonds is 6. The fourth-order valence-corrected chi connectivity index (χ4v) is 4.37. The van der Waals surface area contributed by atoms with E-state index in [-0.39, 0.29) is 18.3 Å². The zero-order valence-electron chi connectivity index (χ0n) is 16.4. The lowest BCUT2D eigenvalue weighted by atomic mass is 10.1. The van der Waals surface area contributed by atoms with Crippen molar-refractivity contribution in [3.63, 3.8) is 0 Å². The maximum atomic E-state index is 13.2. The largest absolute Gasteiger partial charge is 0.337 e. The van der Waals surface area contributed by atoms with Crippen molar-refractivity contribution in [2.24, 2.45) is 0 Å². The summed E-state index contributed by atoms with van der Waals surface area (Å²) < 4.78 is 3.16. The molecule has 0 bridgehead atoms. The molecule has 2 aromatic carbocycles. The quantitative estimate of drug-likeness (QED) is 0.422. The van der Waals surface area contributed by atoms with Gasteiger partial charge >= 0.3 is 0 Å². The molecule has 0 radical (unpaired) electrons. The molecule has 0 unspecified atom stereocenters. The third-order valence-electron chi connectivity index (χ3n) is 4.66. The monoisotopic (exact) mass is 426 g/mol. The highest BCUT2D eigenvalue weighted by Crippen LogP contribution is 2.33. The first-order valence-corrected chi connectivity index (χ1v) is 10.1. The van der Waals surface area contributed by atoms with Crippen molar-refractivity contribution in [1.29, 1.82) is 0 Å². The Labute approximate surface area is 180 Å². The molecule has 2 heterocycles. The Kier molecular flexibility index (Phi) is 6.67. The van der Waals surface area contributed by atoms with Crippen LogP contribution in [0.15, 0.2) is 61.2 Å². The van der Waals surface area contributed by atoms with E-state index in [1.54, 1.807) is 23.9 Å². The van der Waals surface area contributed by atoms with E-state index in [1.807, 2.05) is 46.0 Å². The number of carbonyl (C=O) groups is 1. The van der Waals surface area contributed by atoms with Gasteiger partial charge in [0.2, 0.25) is 0 Å². The van der Waals surface area contributed by atoms with Crippen LogP contribution in [-0.4, -0.2) is 27.0 Å². The average Bonchev–Trinajstić information content (AvgIpc) is 3.35. The van der Waals surface area contributed by atoms with Crippen LogP contribution in [0.5, 0.6) is 0 Å². The van der Waals surface area contributed by atoms with Gasteiger partial charge in [0.1, 0.15) is 0 Å². The maximum absolute atomic E-state index is 13.2. The fraction of sp³-hybridized carbons (Fsp3) is 0.227. The molecule has 150 valence electrons. The van der Waals surface area contributed by atoms with Gasteiger partial charge in [-0.05, 0) is 49.6 Å². The van der Waals surface area contributed by atoms with Crippen molar-refractivity contribution in [3.8, 4) is 0 Å². The molecular weight excluding hydrogens is 404 g/mol. The molecule has 0 aliphatic carbocycles. The number of amides is 1. The normalized spacial score (nSPS) is 10.7. The number of aryl methyl sites for hydroxylation is 3. The van der Waals surface area contributed by atoms with Gasteiger partial charge in [-0.2, -0.15) is 0 Å². The number of benzene rings is 2. The van der Waals surface area contributed by atoms with Crippen LogP contribution >= 0.6 is 23.7 Å². The number of hydrogen-bond donors (Lipinski definition) is 0. The Morgan fingerprint density at radius 1 is 1.17 bits per heavy atom. The molecule has 2 aromatic heterocycles. The van der Waals surface area contributed by atoms with E-state index in [9.17, 15) is 4.79 Å². The summed E-state index contributed by atoms with van der Waals surface area (Å²) in [5.41, 5.74) is 4.02. The minimum atomic E-state index is -0.0142. The van der Waals surface area contributed by atoms with Gasteiger partial charge in [0, 0.05) is 31.0 Å². The molecule has 0 fully saturated rings. The van der Waals surface area contributed by atoms with E-state index >= 15 is 0 Å². The van der Waals surface area contributed by atoms with Gasteiger partial charge in [0.25, 0.3) is 5.91 Å². The molecule has 0 atom stereocenters. The Morgan fingerprint density at radius 3 is 2.69 bits per heavy atom. The van der Waals surface area contributed by atoms with Crippen molar-refractivity contribution >= 4 is 45.0 Å². The molecule has 0 aliphatic rings. The number of anilines is 1. The zero-order valence-corrected chi connectivity index (χ0v) is 18.0. The molecule has 0 spiro atoms. The minimum Gasteiger partial charge on any atom is -0.337 e. The van der Waals surface area contributed by atoms with E-state index in [4.69, 9.17) is 4.98 Å². The highest BCUT2D eigenvalue weighted by molar-refractivity contribution is 7.22. The molecule has 0 N–H and O–H groups in total. The lowest BCUT2D eigenvalue weighted by Crippen LogP contribution is -2.32. The standard InChI is InChI=1S/C22H22N4OS.ClH/c1-16-13-17(2)20-19(14-16)24-22(28-20)26(11-6-10-25-12-9-23-15-25)21(27)18-7-4-3-5-8-18;/h3-5,7-9,12-15H,6,10-11H2,1-2H3;1H. The van der Waals surface area contributed by atoms with Crippen LogP contribution in [-0.2, 0) is 6.54 Å². The zero-order chi connectivity index (χ0) is 19.5. The Bertz CT molecular complexity index is 1090. The Balaban J connectivity index is 0.00000240. The van der Waals surface area contributed by atoms with E-state index in [0.29, 0.717) is 12.1 Å². The summed E-state index contributed by atoms with van der Waals surface area (Å²) in [4.78, 5) is 23.9. The summed E-state index contributed by atoms with van der Waals surface area (Å²) in [6.45, 7) is 5.58. The number of halogens is 1. The van der Waals surface area contributed by atoms with Gasteiger partial charge in [-0.15, -0.1) is 12.4 Å². The second-order valence-electron chi connectivity index (χ2n) is 6.90. The van der Waals surface area contributed by atoms with Crippen molar-refractivity contribution in [1.82, 2.24) is 14.5 Å². The molecule has 7 heteroatoms. The molecule has 4 rings (SSSR count). The second kappa shape index (κ2) is 9.20. The van der Waals surface area contributed by atoms with Crippen LogP contribution in [0.3, 0.4) is 0 Å². The van der Waals surface area contributed by atoms with Crippen LogP contribution < -0.4 is 4.90 Å². The maximum Gasteiger partial charge on any atom is 0.260 e. The molecular formula is C22H23ClN4OS. The van der Waals surface area contributed by atoms with Gasteiger partial charge in [0.15, 0.2) is 5.13 Å². The summed E-state index contributed by atoms with van der Waals surface area (Å²) in [6.07, 6.45) is 6.33. The van der Waals surface area contributed by atoms with Crippen molar-refractivity contribution in [2.45, 2.75) is 26.8 Å². The third kappa shape index (κ3) is 4.66. The number of imidazole rings is 1. The molecule has 1 amide bonds. The van der Waals surface area contributed by atoms with E-state index in [0.717, 1.165) is 28.3 Å². The second-order valence-corrected chi connectivity index (χ2v) is 7.88. The molecule has 29 heavy (non-hydrogen) atoms. The average molecular weight is 427 g/mol. The summed E-state index contributed by atoms with van der Waals surface area (Å²) in [5.74, 6) is -0.0142. The molecule has 4 aromatic rings. The first kappa shape index (κ1) is 21.0. The first-order valence-electron chi connectivity index (χ1n) is 9.32. The lowest BCUT2D eigenvalue weighted by Gasteiger charge is -2.20. The summed E-state index contributed by atoms with van der Waals surface area (Å²) >= 11 is 1.59. The summed E-state index contributed by atoms with van der Waals surface area (Å²) in [5, 5.41) is 0.753. The summed E-state index contributed by atoms with van der Waals surface area (Å²) in [6, 6.07) is 13.7. The van der Waals surface area contributed by atoms with Gasteiger partial charge in [0.05, 0.1) is 16.5 Å². The SMILES string of the molecule is Cc1cc(C)c2sc(N(CCCn3ccnc3)C(=O)c3ccccc3)nc2c1.Cl. The Hall–Kier alpha value is -2.70. The number of thiazole rings is 1. The predicted octanol–water partition coefficient (Wildman–Crippen LogP) is 5.27. The van der Waals surface area contributed by atoms with Crippen LogP contribution in [0.4, 0.5) is 5.13 Å². The van der Waals surface area contributed by atoms with Gasteiger partial charge < -0.3 is 4.57 Å². The lowest BCUT2D eigenvalue weighted by molar-refractivity contribution is 0.0986. The van der Waals surface area contributed by atoms with Gasteiger partial charge in [-0.3, -0.25) is 9.69 Å². The van der Waals surface area contributed by atoms with Crippen LogP contribution in [0, 0.1) is 13.8 Å². The van der Waals surface area contributed by atoms with Gasteiger partial charge in [-0.1, -0.05) is 35.6 Å². The molecule has 0 aliphatic heterocycles. The smallest absolute Gasteiger partial charge is 0.260 e. The number of fused-ring (bicyclic) bond motifs is 1. The van der Waals surface area contributed by atoms with E-state index in [2.05, 4.69) is 31.0 Å². The summed E-state index contributed by atoms with van der Waals surface area (Å²) in [7, 11) is 0. The number of carbonyl (C=O) groups excluding carboxylic acids is 1. The predicted molar refractivity (Wildman–Crippen MR) is 121 cm³/mol. The topological polar surface area (TPSA) is 51.0 Å². The fourth-order valence-electron chi connectivity index (χ4n) is 3.33. The highest BCUT2D eigenvalue weighted by Gasteiger charge is 2.21. The highest BCUT2D eigenvalue weighted by atomic mass is 35.5. The van der Waals surface area contributed by atoms with E-state index < -0.39 is 0 Å².